The number of hydrogen-bond acceptors (Lipinski definition) is 1. The van der Waals surface area contributed by atoms with Crippen LogP contribution in [0.25, 0.3) is 0 Å². The molecule has 0 radical (unpaired) electrons. The summed E-state index contributed by atoms with van der Waals surface area (Å²) in [4.78, 5) is 0. The van der Waals surface area contributed by atoms with Gasteiger partial charge in [0.1, 0.15) is 0 Å². The molecule has 0 atom stereocenters. The zero-order chi connectivity index (χ0) is 8.55. The van der Waals surface area contributed by atoms with Crippen LogP contribution in [0, 0.1) is 0 Å². The first-order chi connectivity index (χ1) is 5.79. The van der Waals surface area contributed by atoms with Crippen LogP contribution in [0.15, 0.2) is 16.6 Å². The zero-order valence-corrected chi connectivity index (χ0v) is 8.87. The van der Waals surface area contributed by atoms with E-state index in [0.717, 1.165) is 29.0 Å². The van der Waals surface area contributed by atoms with E-state index < -0.39 is 0 Å². The van der Waals surface area contributed by atoms with Gasteiger partial charge in [0.2, 0.25) is 0 Å². The van der Waals surface area contributed by atoms with Gasteiger partial charge in [-0.1, -0.05) is 17.7 Å². The average Bonchev–Trinajstić information content (AvgIpc) is 2.12. The lowest BCUT2D eigenvalue weighted by Gasteiger charge is -2.18. The number of benzene rings is 1. The molecule has 1 aliphatic rings. The smallest absolute Gasteiger partial charge is 0.0551 e. The van der Waals surface area contributed by atoms with E-state index in [9.17, 15) is 0 Å². The van der Waals surface area contributed by atoms with E-state index in [2.05, 4.69) is 27.3 Å². The van der Waals surface area contributed by atoms with Crippen molar-refractivity contribution in [3.05, 3.63) is 32.8 Å². The van der Waals surface area contributed by atoms with Crippen molar-refractivity contribution < 1.29 is 0 Å². The summed E-state index contributed by atoms with van der Waals surface area (Å²) in [6.07, 6.45) is 1.10. The van der Waals surface area contributed by atoms with Crippen molar-refractivity contribution in [3.8, 4) is 0 Å². The van der Waals surface area contributed by atoms with E-state index in [1.165, 1.54) is 11.1 Å². The molecule has 0 saturated heterocycles. The predicted molar refractivity (Wildman–Crippen MR) is 54.6 cm³/mol. The van der Waals surface area contributed by atoms with E-state index in [-0.39, 0.29) is 0 Å². The molecule has 0 unspecified atom stereocenters. The molecule has 1 aliphatic heterocycles. The molecule has 0 amide bonds. The van der Waals surface area contributed by atoms with Gasteiger partial charge in [0.05, 0.1) is 5.02 Å². The SMILES string of the molecule is Clc1ccc2c(c1Br)CNCC2. The molecule has 3 heteroatoms. The highest BCUT2D eigenvalue weighted by Gasteiger charge is 2.12. The van der Waals surface area contributed by atoms with Crippen molar-refractivity contribution in [2.45, 2.75) is 13.0 Å². The van der Waals surface area contributed by atoms with Crippen molar-refractivity contribution in [3.63, 3.8) is 0 Å². The van der Waals surface area contributed by atoms with Gasteiger partial charge >= 0.3 is 0 Å². The standard InChI is InChI=1S/C9H9BrClN/c10-9-7-5-12-4-3-6(7)1-2-8(9)11/h1-2,12H,3-5H2. The van der Waals surface area contributed by atoms with E-state index in [1.54, 1.807) is 0 Å². The second-order valence-electron chi connectivity index (χ2n) is 2.93. The Balaban J connectivity index is 2.54. The van der Waals surface area contributed by atoms with Crippen LogP contribution >= 0.6 is 27.5 Å². The minimum Gasteiger partial charge on any atom is -0.312 e. The minimum absolute atomic E-state index is 0.803. The van der Waals surface area contributed by atoms with Crippen molar-refractivity contribution >= 4 is 27.5 Å². The van der Waals surface area contributed by atoms with Crippen LogP contribution in [0.3, 0.4) is 0 Å². The molecule has 1 nitrogen and oxygen atoms in total. The van der Waals surface area contributed by atoms with Gasteiger partial charge in [0.25, 0.3) is 0 Å². The first-order valence-electron chi connectivity index (χ1n) is 3.95. The molecule has 0 saturated carbocycles. The first kappa shape index (κ1) is 8.54. The summed E-state index contributed by atoms with van der Waals surface area (Å²) in [5, 5.41) is 4.12. The van der Waals surface area contributed by atoms with Crippen molar-refractivity contribution in [2.24, 2.45) is 0 Å². The summed E-state index contributed by atoms with van der Waals surface area (Å²) in [5.74, 6) is 0. The Morgan fingerprint density at radius 3 is 3.08 bits per heavy atom. The molecular weight excluding hydrogens is 237 g/mol. The number of hydrogen-bond donors (Lipinski definition) is 1. The number of fused-ring (bicyclic) bond motifs is 1. The molecular formula is C9H9BrClN. The molecule has 1 N–H and O–H groups in total. The van der Waals surface area contributed by atoms with Gasteiger partial charge < -0.3 is 5.32 Å². The lowest BCUT2D eigenvalue weighted by molar-refractivity contribution is 0.641. The molecule has 1 heterocycles. The Hall–Kier alpha value is -0.0500. The summed E-state index contributed by atoms with van der Waals surface area (Å²) in [6.45, 7) is 2.00. The maximum atomic E-state index is 5.97. The fourth-order valence-corrected chi connectivity index (χ4v) is 2.20. The molecule has 0 fully saturated rings. The van der Waals surface area contributed by atoms with Crippen LogP contribution in [0.1, 0.15) is 11.1 Å². The summed E-state index contributed by atoms with van der Waals surface area (Å²) in [6, 6.07) is 4.07. The fourth-order valence-electron chi connectivity index (χ4n) is 1.49. The number of halogens is 2. The van der Waals surface area contributed by atoms with Gasteiger partial charge in [-0.2, -0.15) is 0 Å². The van der Waals surface area contributed by atoms with Gasteiger partial charge in [0.15, 0.2) is 0 Å². The molecule has 1 aromatic rings. The number of rotatable bonds is 0. The van der Waals surface area contributed by atoms with Crippen molar-refractivity contribution in [1.82, 2.24) is 5.32 Å². The second-order valence-corrected chi connectivity index (χ2v) is 4.13. The Morgan fingerprint density at radius 2 is 2.25 bits per heavy atom. The highest BCUT2D eigenvalue weighted by Crippen LogP contribution is 2.30. The summed E-state index contributed by atoms with van der Waals surface area (Å²) in [7, 11) is 0. The first-order valence-corrected chi connectivity index (χ1v) is 5.12. The Morgan fingerprint density at radius 1 is 1.42 bits per heavy atom. The highest BCUT2D eigenvalue weighted by atomic mass is 79.9. The lowest BCUT2D eigenvalue weighted by Crippen LogP contribution is -2.23. The monoisotopic (exact) mass is 245 g/mol. The lowest BCUT2D eigenvalue weighted by atomic mass is 10.0. The topological polar surface area (TPSA) is 12.0 Å². The third-order valence-electron chi connectivity index (χ3n) is 2.17. The van der Waals surface area contributed by atoms with Crippen LogP contribution in [0.4, 0.5) is 0 Å². The van der Waals surface area contributed by atoms with Gasteiger partial charge in [-0.3, -0.25) is 0 Å². The van der Waals surface area contributed by atoms with E-state index in [0.29, 0.717) is 0 Å². The van der Waals surface area contributed by atoms with Gasteiger partial charge in [0, 0.05) is 11.0 Å². The van der Waals surface area contributed by atoms with Gasteiger partial charge in [-0.15, -0.1) is 0 Å². The number of nitrogens with one attached hydrogen (secondary N) is 1. The summed E-state index contributed by atoms with van der Waals surface area (Å²) in [5.41, 5.74) is 2.72. The van der Waals surface area contributed by atoms with Gasteiger partial charge in [-0.25, -0.2) is 0 Å². The van der Waals surface area contributed by atoms with E-state index in [1.807, 2.05) is 6.07 Å². The Bertz CT molecular complexity index is 312. The normalized spacial score (nSPS) is 15.8. The van der Waals surface area contributed by atoms with Crippen LogP contribution in [0.2, 0.25) is 5.02 Å². The highest BCUT2D eigenvalue weighted by molar-refractivity contribution is 9.10. The van der Waals surface area contributed by atoms with Crippen LogP contribution < -0.4 is 5.32 Å². The molecule has 0 spiro atoms. The van der Waals surface area contributed by atoms with E-state index >= 15 is 0 Å². The van der Waals surface area contributed by atoms with Crippen molar-refractivity contribution in [2.75, 3.05) is 6.54 Å². The summed E-state index contributed by atoms with van der Waals surface area (Å²) < 4.78 is 1.05. The second kappa shape index (κ2) is 3.36. The van der Waals surface area contributed by atoms with Crippen LogP contribution in [-0.4, -0.2) is 6.54 Å². The molecule has 0 aliphatic carbocycles. The van der Waals surface area contributed by atoms with Crippen LogP contribution in [0.5, 0.6) is 0 Å². The maximum Gasteiger partial charge on any atom is 0.0551 e. The quantitative estimate of drug-likeness (QED) is 0.742. The molecule has 0 aromatic heterocycles. The molecule has 1 aromatic carbocycles. The summed E-state index contributed by atoms with van der Waals surface area (Å²) >= 11 is 9.46. The zero-order valence-electron chi connectivity index (χ0n) is 6.53. The average molecular weight is 247 g/mol. The van der Waals surface area contributed by atoms with E-state index in [4.69, 9.17) is 11.6 Å². The fraction of sp³-hybridized carbons (Fsp3) is 0.333. The Kier molecular flexibility index (Phi) is 2.40. The third-order valence-corrected chi connectivity index (χ3v) is 3.62. The maximum absolute atomic E-state index is 5.97. The predicted octanol–water partition coefficient (Wildman–Crippen LogP) is 2.75. The molecule has 0 bridgehead atoms. The van der Waals surface area contributed by atoms with Crippen LogP contribution in [-0.2, 0) is 13.0 Å². The van der Waals surface area contributed by atoms with Gasteiger partial charge in [-0.05, 0) is 46.1 Å². The largest absolute Gasteiger partial charge is 0.312 e. The molecule has 12 heavy (non-hydrogen) atoms. The Labute approximate surface area is 85.2 Å². The molecule has 2 rings (SSSR count). The van der Waals surface area contributed by atoms with Crippen molar-refractivity contribution in [1.29, 1.82) is 0 Å². The molecule has 64 valence electrons. The minimum atomic E-state index is 0.803. The third kappa shape index (κ3) is 1.39.